The van der Waals surface area contributed by atoms with Crippen LogP contribution in [0.25, 0.3) is 11.4 Å². The molecule has 2 aromatic carbocycles. The molecule has 0 amide bonds. The molecule has 3 rings (SSSR count). The number of nitrogens with zero attached hydrogens (tertiary/aromatic N) is 2. The molecule has 0 atom stereocenters. The van der Waals surface area contributed by atoms with Crippen LogP contribution in [0.5, 0.6) is 0 Å². The SMILES string of the molecule is Cc1ccccc1-n1c(=O)ccn(-c2ccc(F)cc2)c1=O. The monoisotopic (exact) mass is 296 g/mol. The zero-order valence-electron chi connectivity index (χ0n) is 11.9. The summed E-state index contributed by atoms with van der Waals surface area (Å²) in [6, 6.07) is 14.0. The van der Waals surface area contributed by atoms with Crippen LogP contribution in [0.2, 0.25) is 0 Å². The first-order valence-corrected chi connectivity index (χ1v) is 6.74. The lowest BCUT2D eigenvalue weighted by atomic mass is 10.2. The maximum atomic E-state index is 13.0. The summed E-state index contributed by atoms with van der Waals surface area (Å²) in [5, 5.41) is 0. The van der Waals surface area contributed by atoms with Crippen LogP contribution in [0.4, 0.5) is 4.39 Å². The Kier molecular flexibility index (Phi) is 3.47. The van der Waals surface area contributed by atoms with E-state index in [0.29, 0.717) is 11.4 Å². The van der Waals surface area contributed by atoms with Crippen molar-refractivity contribution < 1.29 is 4.39 Å². The van der Waals surface area contributed by atoms with Gasteiger partial charge in [-0.05, 0) is 42.8 Å². The lowest BCUT2D eigenvalue weighted by molar-refractivity contribution is 0.627. The molecule has 0 aliphatic heterocycles. The highest BCUT2D eigenvalue weighted by atomic mass is 19.1. The van der Waals surface area contributed by atoms with Gasteiger partial charge in [0.25, 0.3) is 5.56 Å². The van der Waals surface area contributed by atoms with Gasteiger partial charge >= 0.3 is 5.69 Å². The summed E-state index contributed by atoms with van der Waals surface area (Å²) >= 11 is 0. The molecular weight excluding hydrogens is 283 g/mol. The second kappa shape index (κ2) is 5.44. The molecule has 0 radical (unpaired) electrons. The molecule has 0 unspecified atom stereocenters. The van der Waals surface area contributed by atoms with Crippen molar-refractivity contribution in [3.63, 3.8) is 0 Å². The van der Waals surface area contributed by atoms with Crippen LogP contribution in [-0.2, 0) is 0 Å². The second-order valence-corrected chi connectivity index (χ2v) is 4.90. The van der Waals surface area contributed by atoms with Crippen molar-refractivity contribution in [2.45, 2.75) is 6.92 Å². The Balaban J connectivity index is 2.27. The van der Waals surface area contributed by atoms with E-state index < -0.39 is 11.2 Å². The van der Waals surface area contributed by atoms with Crippen LogP contribution in [0.1, 0.15) is 5.56 Å². The van der Waals surface area contributed by atoms with Crippen molar-refractivity contribution in [2.24, 2.45) is 0 Å². The van der Waals surface area contributed by atoms with Crippen molar-refractivity contribution in [3.8, 4) is 11.4 Å². The smallest absolute Gasteiger partial charge is 0.269 e. The normalized spacial score (nSPS) is 10.6. The molecule has 4 nitrogen and oxygen atoms in total. The van der Waals surface area contributed by atoms with Gasteiger partial charge in [-0.25, -0.2) is 13.8 Å². The highest BCUT2D eigenvalue weighted by molar-refractivity contribution is 5.40. The highest BCUT2D eigenvalue weighted by Gasteiger charge is 2.10. The summed E-state index contributed by atoms with van der Waals surface area (Å²) < 4.78 is 15.4. The van der Waals surface area contributed by atoms with Gasteiger partial charge in [0.15, 0.2) is 0 Å². The molecular formula is C17H13FN2O2. The predicted octanol–water partition coefficient (Wildman–Crippen LogP) is 2.44. The van der Waals surface area contributed by atoms with E-state index in [-0.39, 0.29) is 5.82 Å². The predicted molar refractivity (Wildman–Crippen MR) is 82.3 cm³/mol. The van der Waals surface area contributed by atoms with Gasteiger partial charge in [-0.1, -0.05) is 18.2 Å². The highest BCUT2D eigenvalue weighted by Crippen LogP contribution is 2.10. The van der Waals surface area contributed by atoms with Gasteiger partial charge in [-0.15, -0.1) is 0 Å². The number of rotatable bonds is 2. The van der Waals surface area contributed by atoms with E-state index >= 15 is 0 Å². The van der Waals surface area contributed by atoms with E-state index in [0.717, 1.165) is 10.1 Å². The molecule has 1 aromatic heterocycles. The average molecular weight is 296 g/mol. The van der Waals surface area contributed by atoms with Crippen LogP contribution in [0, 0.1) is 12.7 Å². The first kappa shape index (κ1) is 14.0. The summed E-state index contributed by atoms with van der Waals surface area (Å²) in [6.45, 7) is 1.83. The second-order valence-electron chi connectivity index (χ2n) is 4.90. The molecule has 1 heterocycles. The summed E-state index contributed by atoms with van der Waals surface area (Å²) in [5.74, 6) is -0.385. The number of aromatic nitrogens is 2. The molecule has 3 aromatic rings. The lowest BCUT2D eigenvalue weighted by Crippen LogP contribution is -2.37. The van der Waals surface area contributed by atoms with E-state index in [1.165, 1.54) is 41.1 Å². The Morgan fingerprint density at radius 2 is 1.59 bits per heavy atom. The van der Waals surface area contributed by atoms with Crippen molar-refractivity contribution in [2.75, 3.05) is 0 Å². The first-order valence-electron chi connectivity index (χ1n) is 6.74. The Hall–Kier alpha value is -2.95. The van der Waals surface area contributed by atoms with Crippen molar-refractivity contribution >= 4 is 0 Å². The third kappa shape index (κ3) is 2.37. The van der Waals surface area contributed by atoms with Crippen molar-refractivity contribution in [3.05, 3.63) is 93.0 Å². The maximum Gasteiger partial charge on any atom is 0.340 e. The molecule has 0 aliphatic rings. The van der Waals surface area contributed by atoms with E-state index in [1.807, 2.05) is 19.1 Å². The molecule has 5 heteroatoms. The Bertz CT molecular complexity index is 940. The van der Waals surface area contributed by atoms with Gasteiger partial charge in [0, 0.05) is 12.3 Å². The lowest BCUT2D eigenvalue weighted by Gasteiger charge is -2.11. The molecule has 22 heavy (non-hydrogen) atoms. The number of halogens is 1. The van der Waals surface area contributed by atoms with Crippen LogP contribution in [0.3, 0.4) is 0 Å². The molecule has 0 saturated carbocycles. The number of hydrogen-bond acceptors (Lipinski definition) is 2. The zero-order valence-corrected chi connectivity index (χ0v) is 11.9. The van der Waals surface area contributed by atoms with Gasteiger partial charge in [-0.3, -0.25) is 9.36 Å². The topological polar surface area (TPSA) is 44.0 Å². The van der Waals surface area contributed by atoms with Crippen molar-refractivity contribution in [1.82, 2.24) is 9.13 Å². The van der Waals surface area contributed by atoms with Gasteiger partial charge in [0.05, 0.1) is 11.4 Å². The standard InChI is InChI=1S/C17H13FN2O2/c1-12-4-2-3-5-15(12)20-16(21)10-11-19(17(20)22)14-8-6-13(18)7-9-14/h2-11H,1H3. The summed E-state index contributed by atoms with van der Waals surface area (Å²) in [4.78, 5) is 24.8. The van der Waals surface area contributed by atoms with Gasteiger partial charge in [0.1, 0.15) is 5.82 Å². The molecule has 0 bridgehead atoms. The average Bonchev–Trinajstić information content (AvgIpc) is 2.50. The number of aryl methyl sites for hydroxylation is 1. The fraction of sp³-hybridized carbons (Fsp3) is 0.0588. The van der Waals surface area contributed by atoms with Gasteiger partial charge < -0.3 is 0 Å². The molecule has 0 saturated heterocycles. The van der Waals surface area contributed by atoms with E-state index in [4.69, 9.17) is 0 Å². The number of para-hydroxylation sites is 1. The minimum atomic E-state index is -0.492. The summed E-state index contributed by atoms with van der Waals surface area (Å²) in [6.07, 6.45) is 1.40. The Morgan fingerprint density at radius 1 is 0.909 bits per heavy atom. The fourth-order valence-corrected chi connectivity index (χ4v) is 2.31. The number of benzene rings is 2. The first-order chi connectivity index (χ1) is 10.6. The minimum absolute atomic E-state index is 0.385. The van der Waals surface area contributed by atoms with Gasteiger partial charge in [-0.2, -0.15) is 0 Å². The third-order valence-electron chi connectivity index (χ3n) is 3.45. The minimum Gasteiger partial charge on any atom is -0.269 e. The molecule has 0 N–H and O–H groups in total. The number of hydrogen-bond donors (Lipinski definition) is 0. The van der Waals surface area contributed by atoms with E-state index in [9.17, 15) is 14.0 Å². The Labute approximate surface area is 125 Å². The fourth-order valence-electron chi connectivity index (χ4n) is 2.31. The van der Waals surface area contributed by atoms with Crippen LogP contribution in [0.15, 0.2) is 70.4 Å². The van der Waals surface area contributed by atoms with Crippen LogP contribution in [-0.4, -0.2) is 9.13 Å². The van der Waals surface area contributed by atoms with Gasteiger partial charge in [0.2, 0.25) is 0 Å². The quantitative estimate of drug-likeness (QED) is 0.729. The van der Waals surface area contributed by atoms with E-state index in [1.54, 1.807) is 12.1 Å². The molecule has 0 fully saturated rings. The Morgan fingerprint density at radius 3 is 2.27 bits per heavy atom. The van der Waals surface area contributed by atoms with E-state index in [2.05, 4.69) is 0 Å². The van der Waals surface area contributed by atoms with Crippen LogP contribution < -0.4 is 11.2 Å². The summed E-state index contributed by atoms with van der Waals surface area (Å²) in [5.41, 5.74) is 0.951. The molecule has 0 aliphatic carbocycles. The molecule has 0 spiro atoms. The third-order valence-corrected chi connectivity index (χ3v) is 3.45. The maximum absolute atomic E-state index is 13.0. The molecule has 110 valence electrons. The van der Waals surface area contributed by atoms with Crippen LogP contribution >= 0.6 is 0 Å². The summed E-state index contributed by atoms with van der Waals surface area (Å²) in [7, 11) is 0. The zero-order chi connectivity index (χ0) is 15.7. The largest absolute Gasteiger partial charge is 0.340 e. The van der Waals surface area contributed by atoms with Crippen molar-refractivity contribution in [1.29, 1.82) is 0 Å².